The molecule has 5 aliphatic rings. The molecule has 4 atom stereocenters. The molecule has 2 fully saturated rings. The van der Waals surface area contributed by atoms with E-state index < -0.39 is 0 Å². The summed E-state index contributed by atoms with van der Waals surface area (Å²) in [6.45, 7) is 2.28. The quantitative estimate of drug-likeness (QED) is 0.455. The molecule has 0 N–H and O–H groups in total. The molecule has 4 heterocycles. The highest BCUT2D eigenvalue weighted by Gasteiger charge is 2.40. The van der Waals surface area contributed by atoms with Crippen molar-refractivity contribution in [3.8, 4) is 11.5 Å². The molecule has 40 heavy (non-hydrogen) atoms. The maximum Gasteiger partial charge on any atom is 0.256 e. The number of methoxy groups -OCH3 is 2. The van der Waals surface area contributed by atoms with Crippen LogP contribution in [0.25, 0.3) is 0 Å². The summed E-state index contributed by atoms with van der Waals surface area (Å²) in [5.41, 5.74) is 1.13. The lowest BCUT2D eigenvalue weighted by Gasteiger charge is -2.27. The average molecular weight is 551 g/mol. The lowest BCUT2D eigenvalue weighted by Crippen LogP contribution is -2.41. The second-order valence-corrected chi connectivity index (χ2v) is 10.4. The van der Waals surface area contributed by atoms with Crippen molar-refractivity contribution in [2.75, 3.05) is 40.5 Å². The van der Waals surface area contributed by atoms with Gasteiger partial charge in [-0.3, -0.25) is 19.6 Å². The van der Waals surface area contributed by atoms with Gasteiger partial charge in [-0.15, -0.1) is 0 Å². The molecule has 0 bridgehead atoms. The number of hydrogen-bond donors (Lipinski definition) is 0. The number of fused-ring (bicyclic) bond motifs is 4. The third kappa shape index (κ3) is 5.07. The molecule has 2 saturated heterocycles. The van der Waals surface area contributed by atoms with Crippen LogP contribution in [0.1, 0.15) is 49.9 Å². The average Bonchev–Trinajstić information content (AvgIpc) is 3.58. The largest absolute Gasteiger partial charge is 0.493 e. The fourth-order valence-corrected chi connectivity index (χ4v) is 5.98. The van der Waals surface area contributed by atoms with Gasteiger partial charge in [0.2, 0.25) is 5.91 Å². The monoisotopic (exact) mass is 550 g/mol. The molecule has 4 aliphatic heterocycles. The van der Waals surface area contributed by atoms with E-state index in [1.807, 2.05) is 34.4 Å². The second kappa shape index (κ2) is 11.7. The number of aliphatic imine (C=N–C) groups is 2. The molecule has 1 aliphatic carbocycles. The summed E-state index contributed by atoms with van der Waals surface area (Å²) in [5.74, 6) is 1.87. The van der Waals surface area contributed by atoms with Gasteiger partial charge >= 0.3 is 0 Å². The Morgan fingerprint density at radius 1 is 0.875 bits per heavy atom. The molecule has 1 aromatic carbocycles. The third-order valence-electron chi connectivity index (χ3n) is 8.04. The van der Waals surface area contributed by atoms with Gasteiger partial charge in [-0.2, -0.15) is 0 Å². The molecule has 0 saturated carbocycles. The number of benzene rings is 1. The summed E-state index contributed by atoms with van der Waals surface area (Å²) in [6, 6.07) is 3.33. The molecule has 10 nitrogen and oxygen atoms in total. The first-order chi connectivity index (χ1) is 19.1. The van der Waals surface area contributed by atoms with Crippen molar-refractivity contribution >= 4 is 29.9 Å². The summed E-state index contributed by atoms with van der Waals surface area (Å²) >= 11 is 0. The number of carbonyl (C=O) groups is 2. The van der Waals surface area contributed by atoms with Crippen LogP contribution >= 0.6 is 0 Å². The van der Waals surface area contributed by atoms with E-state index in [9.17, 15) is 9.59 Å². The first-order valence-corrected chi connectivity index (χ1v) is 13.7. The molecule has 6 rings (SSSR count). The van der Waals surface area contributed by atoms with Crippen LogP contribution in [0.2, 0.25) is 0 Å². The van der Waals surface area contributed by atoms with Crippen molar-refractivity contribution in [1.82, 2.24) is 9.80 Å². The highest BCUT2D eigenvalue weighted by molar-refractivity contribution is 6.03. The molecule has 0 aromatic heterocycles. The molecular formula is C30H38N4O6. The van der Waals surface area contributed by atoms with Crippen LogP contribution in [-0.4, -0.2) is 92.7 Å². The van der Waals surface area contributed by atoms with Gasteiger partial charge in [-0.05, 0) is 43.9 Å². The zero-order chi connectivity index (χ0) is 26.9. The van der Waals surface area contributed by atoms with Gasteiger partial charge in [0.25, 0.3) is 5.91 Å². The van der Waals surface area contributed by atoms with E-state index in [2.05, 4.69) is 4.99 Å². The summed E-state index contributed by atoms with van der Waals surface area (Å²) in [5, 5.41) is 0. The Labute approximate surface area is 235 Å². The van der Waals surface area contributed by atoms with Gasteiger partial charge in [0.05, 0.1) is 62.7 Å². The Morgan fingerprint density at radius 2 is 1.62 bits per heavy atom. The Balaban J connectivity index is 0.00000323. The van der Waals surface area contributed by atoms with E-state index >= 15 is 0 Å². The number of amides is 2. The predicted molar refractivity (Wildman–Crippen MR) is 152 cm³/mol. The Bertz CT molecular complexity index is 1270. The molecule has 10 heteroatoms. The Kier molecular flexibility index (Phi) is 8.14. The van der Waals surface area contributed by atoms with Crippen molar-refractivity contribution < 1.29 is 28.5 Å². The van der Waals surface area contributed by atoms with Gasteiger partial charge in [0.15, 0.2) is 23.0 Å². The summed E-state index contributed by atoms with van der Waals surface area (Å²) in [6.07, 6.45) is 12.0. The van der Waals surface area contributed by atoms with E-state index in [0.29, 0.717) is 53.9 Å². The van der Waals surface area contributed by atoms with Crippen molar-refractivity contribution in [3.63, 3.8) is 0 Å². The number of carbonyl (C=O) groups excluding carboxylic acids is 2. The van der Waals surface area contributed by atoms with Crippen molar-refractivity contribution in [2.45, 2.75) is 57.7 Å². The lowest BCUT2D eigenvalue weighted by molar-refractivity contribution is -0.133. The molecule has 2 amide bonds. The number of hydrogen-bond acceptors (Lipinski definition) is 8. The first kappa shape index (κ1) is 27.7. The fourth-order valence-electron chi connectivity index (χ4n) is 5.98. The molecule has 0 radical (unpaired) electrons. The van der Waals surface area contributed by atoms with Gasteiger partial charge < -0.3 is 28.7 Å². The maximum atomic E-state index is 13.1. The summed E-state index contributed by atoms with van der Waals surface area (Å²) in [4.78, 5) is 39.3. The maximum absolute atomic E-state index is 13.1. The Morgan fingerprint density at radius 3 is 2.40 bits per heavy atom. The van der Waals surface area contributed by atoms with Crippen molar-refractivity contribution in [3.05, 3.63) is 41.4 Å². The van der Waals surface area contributed by atoms with Gasteiger partial charge in [0.1, 0.15) is 0 Å². The van der Waals surface area contributed by atoms with Gasteiger partial charge in [0, 0.05) is 38.0 Å². The van der Waals surface area contributed by atoms with E-state index in [-0.39, 0.29) is 43.3 Å². The van der Waals surface area contributed by atoms with Crippen LogP contribution in [0.4, 0.5) is 5.69 Å². The third-order valence-corrected chi connectivity index (χ3v) is 8.04. The second-order valence-electron chi connectivity index (χ2n) is 10.4. The Hall–Kier alpha value is -3.82. The standard InChI is InChI=1S/C29H34N4O6.CH4/c1-36-24-12-20-22(30-16-18-6-3-8-32(18)28(20)34)14-26(24)38-10-5-11-39-27-15-23-21(13-25(27)37-2)29(35)33-9-4-7-19(33)17-31-23;/h12-20,22H,3-11H2,1-2H3;1H4/t18-,19-,20?,22?;/m0./s1. The fraction of sp³-hybridized carbons (Fsp3) is 0.533. The van der Waals surface area contributed by atoms with Crippen LogP contribution in [-0.2, 0) is 14.3 Å². The molecule has 1 aromatic rings. The molecular weight excluding hydrogens is 512 g/mol. The van der Waals surface area contributed by atoms with Gasteiger partial charge in [-0.1, -0.05) is 7.43 Å². The number of rotatable bonds is 8. The lowest BCUT2D eigenvalue weighted by atomic mass is 9.92. The van der Waals surface area contributed by atoms with Crippen LogP contribution in [0.5, 0.6) is 11.5 Å². The van der Waals surface area contributed by atoms with Crippen LogP contribution in [0.15, 0.2) is 45.8 Å². The van der Waals surface area contributed by atoms with Crippen LogP contribution < -0.4 is 9.47 Å². The predicted octanol–water partition coefficient (Wildman–Crippen LogP) is 3.93. The van der Waals surface area contributed by atoms with E-state index in [0.717, 1.165) is 38.8 Å². The molecule has 214 valence electrons. The molecule has 0 spiro atoms. The highest BCUT2D eigenvalue weighted by atomic mass is 16.5. The van der Waals surface area contributed by atoms with Gasteiger partial charge in [-0.25, -0.2) is 0 Å². The van der Waals surface area contributed by atoms with Crippen molar-refractivity contribution in [2.24, 2.45) is 15.9 Å². The summed E-state index contributed by atoms with van der Waals surface area (Å²) < 4.78 is 23.2. The summed E-state index contributed by atoms with van der Waals surface area (Å²) in [7, 11) is 3.14. The minimum absolute atomic E-state index is 0. The smallest absolute Gasteiger partial charge is 0.256 e. The number of nitrogens with zero attached hydrogens (tertiary/aromatic N) is 4. The van der Waals surface area contributed by atoms with E-state index in [1.54, 1.807) is 26.4 Å². The van der Waals surface area contributed by atoms with E-state index in [4.69, 9.17) is 23.9 Å². The van der Waals surface area contributed by atoms with Crippen LogP contribution in [0, 0.1) is 5.92 Å². The highest BCUT2D eigenvalue weighted by Crippen LogP contribution is 2.38. The minimum Gasteiger partial charge on any atom is -0.493 e. The SMILES string of the molecule is C.COC1=CC2C(=O)N3CCC[C@H]3C=NC2C=C1OCCCOc1cc2c(cc1OC)C(=O)N1CCC[C@H]1C=N2. The van der Waals surface area contributed by atoms with Crippen molar-refractivity contribution in [1.29, 1.82) is 0 Å². The zero-order valence-corrected chi connectivity index (χ0v) is 22.4. The number of ether oxygens (including phenoxy) is 4. The zero-order valence-electron chi connectivity index (χ0n) is 22.4. The topological polar surface area (TPSA) is 102 Å². The minimum atomic E-state index is -0.374. The van der Waals surface area contributed by atoms with E-state index in [1.165, 1.54) is 0 Å². The first-order valence-electron chi connectivity index (χ1n) is 13.7. The molecule has 2 unspecified atom stereocenters. The van der Waals surface area contributed by atoms with Crippen LogP contribution in [0.3, 0.4) is 0 Å². The normalized spacial score (nSPS) is 26.4.